The molecule has 10 nitrogen and oxygen atoms in total. The number of carboxylic acid groups (broad SMARTS) is 1. The molecule has 6 rings (SSSR count). The average Bonchev–Trinajstić information content (AvgIpc) is 3.42. The quantitative estimate of drug-likeness (QED) is 0.200. The maximum atomic E-state index is 14.2. The van der Waals surface area contributed by atoms with Gasteiger partial charge in [0, 0.05) is 42.7 Å². The zero-order valence-corrected chi connectivity index (χ0v) is 34.9. The third-order valence-corrected chi connectivity index (χ3v) is 16.5. The average molecular weight is 762 g/mol. The van der Waals surface area contributed by atoms with Crippen molar-refractivity contribution >= 4 is 23.6 Å². The predicted octanol–water partition coefficient (Wildman–Crippen LogP) is 7.12. The molecule has 1 amide bonds. The fraction of sp³-hybridized carbons (Fsp3) is 0.756. The number of ketones is 1. The number of fused-ring (bicyclic) bond motifs is 7. The molecule has 9 atom stereocenters. The van der Waals surface area contributed by atoms with E-state index in [4.69, 9.17) is 10.5 Å². The molecule has 9 unspecified atom stereocenters. The largest absolute Gasteiger partial charge is 0.481 e. The Balaban J connectivity index is 1.30. The number of nitrogens with zero attached hydrogens (tertiary/aromatic N) is 2. The first-order valence-electron chi connectivity index (χ1n) is 20.8. The molecule has 10 heteroatoms. The zero-order chi connectivity index (χ0) is 40.5. The number of allylic oxidation sites excluding steroid dienone is 1. The summed E-state index contributed by atoms with van der Waals surface area (Å²) in [7, 11) is 0. The zero-order valence-electron chi connectivity index (χ0n) is 34.9. The molecule has 1 heterocycles. The van der Waals surface area contributed by atoms with Crippen molar-refractivity contribution in [3.63, 3.8) is 0 Å². The van der Waals surface area contributed by atoms with Crippen molar-refractivity contribution in [1.82, 2.24) is 9.88 Å². The Labute approximate surface area is 328 Å². The molecule has 0 aromatic carbocycles. The van der Waals surface area contributed by atoms with E-state index in [1.165, 1.54) is 5.57 Å². The molecule has 1 aromatic rings. The van der Waals surface area contributed by atoms with Crippen molar-refractivity contribution in [1.29, 1.82) is 0 Å². The molecule has 304 valence electrons. The van der Waals surface area contributed by atoms with E-state index in [0.29, 0.717) is 24.8 Å². The van der Waals surface area contributed by atoms with Crippen molar-refractivity contribution in [2.45, 2.75) is 145 Å². The highest BCUT2D eigenvalue weighted by atomic mass is 16.5. The standard InChI is InChI=1S/C45H67N3O7/c1-27(2)37-30(49)22-45(33(50)26-48(35(51)24-46)25-28-14-20-47-21-15-28)19-18-43(8)29(38(37)45)10-11-32-42(7)16-13-34(55-36(52)23-40(3,4)39(53)54)41(5,6)31(42)12-17-44(32,43)9/h14-15,20-21,27,29,31-34,50H,10-13,16-19,22-26,46H2,1-9H3,(H,53,54). The van der Waals surface area contributed by atoms with Crippen LogP contribution < -0.4 is 5.73 Å². The van der Waals surface area contributed by atoms with Crippen molar-refractivity contribution in [2.75, 3.05) is 13.1 Å². The van der Waals surface area contributed by atoms with Crippen molar-refractivity contribution < 1.29 is 34.1 Å². The van der Waals surface area contributed by atoms with Crippen molar-refractivity contribution in [2.24, 2.45) is 61.9 Å². The number of aromatic nitrogens is 1. The molecule has 0 spiro atoms. The predicted molar refractivity (Wildman–Crippen MR) is 210 cm³/mol. The van der Waals surface area contributed by atoms with Gasteiger partial charge in [-0.1, -0.05) is 54.0 Å². The summed E-state index contributed by atoms with van der Waals surface area (Å²) in [6, 6.07) is 3.73. The topological polar surface area (TPSA) is 160 Å². The lowest BCUT2D eigenvalue weighted by atomic mass is 9.33. The number of hydrogen-bond donors (Lipinski definition) is 3. The number of amides is 1. The van der Waals surface area contributed by atoms with E-state index in [9.17, 15) is 29.4 Å². The highest BCUT2D eigenvalue weighted by Crippen LogP contribution is 2.77. The van der Waals surface area contributed by atoms with Crippen LogP contribution in [0.4, 0.5) is 0 Å². The smallest absolute Gasteiger partial charge is 0.309 e. The second-order valence-electron chi connectivity index (χ2n) is 20.4. The number of Topliss-reactive ketones (excluding diaryl/α,β-unsaturated/α-hetero) is 1. The van der Waals surface area contributed by atoms with Gasteiger partial charge in [-0.15, -0.1) is 0 Å². The van der Waals surface area contributed by atoms with Crippen LogP contribution in [0.3, 0.4) is 0 Å². The Morgan fingerprint density at radius 2 is 1.64 bits per heavy atom. The first-order valence-corrected chi connectivity index (χ1v) is 20.8. The van der Waals surface area contributed by atoms with Crippen LogP contribution in [0.5, 0.6) is 0 Å². The van der Waals surface area contributed by atoms with Crippen LogP contribution >= 0.6 is 0 Å². The number of ether oxygens (including phenoxy) is 1. The van der Waals surface area contributed by atoms with Gasteiger partial charge in [-0.3, -0.25) is 24.2 Å². The van der Waals surface area contributed by atoms with Gasteiger partial charge in [0.15, 0.2) is 5.78 Å². The number of carboxylic acids is 1. The van der Waals surface area contributed by atoms with Gasteiger partial charge in [-0.25, -0.2) is 0 Å². The number of rotatable bonds is 11. The molecule has 4 saturated carbocycles. The summed E-state index contributed by atoms with van der Waals surface area (Å²) >= 11 is 0. The maximum Gasteiger partial charge on any atom is 0.309 e. The summed E-state index contributed by atoms with van der Waals surface area (Å²) < 4.78 is 6.16. The van der Waals surface area contributed by atoms with Gasteiger partial charge in [-0.05, 0) is 128 Å². The molecule has 55 heavy (non-hydrogen) atoms. The molecule has 0 aliphatic heterocycles. The lowest BCUT2D eigenvalue weighted by Gasteiger charge is -2.72. The molecular weight excluding hydrogens is 695 g/mol. The van der Waals surface area contributed by atoms with Gasteiger partial charge >= 0.3 is 11.9 Å². The number of pyridine rings is 1. The minimum Gasteiger partial charge on any atom is -0.481 e. The SMILES string of the molecule is CC(C)C1=C2C3CCC4C5(C)CCC(OC(=O)CC(C)(C)C(=O)O)C(C)(C)C5CCC4(C)C3(C)CCC2(C(O)CN(Cc2ccncc2)C(=O)CN)CC1=O. The van der Waals surface area contributed by atoms with E-state index in [0.717, 1.165) is 56.1 Å². The number of hydrogen-bond acceptors (Lipinski definition) is 8. The number of esters is 1. The minimum absolute atomic E-state index is 0.0125. The number of aliphatic hydroxyl groups excluding tert-OH is 1. The van der Waals surface area contributed by atoms with Crippen LogP contribution in [0.15, 0.2) is 35.7 Å². The monoisotopic (exact) mass is 761 g/mol. The van der Waals surface area contributed by atoms with Gasteiger partial charge in [0.05, 0.1) is 24.5 Å². The fourth-order valence-electron chi connectivity index (χ4n) is 13.4. The van der Waals surface area contributed by atoms with Crippen LogP contribution in [-0.2, 0) is 30.5 Å². The Kier molecular flexibility index (Phi) is 10.8. The summed E-state index contributed by atoms with van der Waals surface area (Å²) in [6.07, 6.45) is 9.58. The van der Waals surface area contributed by atoms with Crippen molar-refractivity contribution in [3.05, 3.63) is 41.2 Å². The third kappa shape index (κ3) is 6.59. The number of aliphatic hydroxyl groups is 1. The summed E-state index contributed by atoms with van der Waals surface area (Å²) in [4.78, 5) is 58.1. The molecule has 4 fully saturated rings. The fourth-order valence-corrected chi connectivity index (χ4v) is 13.4. The molecular formula is C45H67N3O7. The molecule has 5 aliphatic carbocycles. The number of aliphatic carboxylic acids is 1. The Hall–Kier alpha value is -3.11. The van der Waals surface area contributed by atoms with Crippen LogP contribution in [0.25, 0.3) is 0 Å². The number of carbonyl (C=O) groups is 4. The van der Waals surface area contributed by atoms with E-state index in [2.05, 4.69) is 53.5 Å². The highest BCUT2D eigenvalue weighted by molar-refractivity contribution is 6.00. The van der Waals surface area contributed by atoms with Crippen LogP contribution in [-0.4, -0.2) is 69.0 Å². The van der Waals surface area contributed by atoms with E-state index >= 15 is 0 Å². The molecule has 1 aromatic heterocycles. The first kappa shape index (κ1) is 41.5. The Bertz CT molecular complexity index is 1720. The summed E-state index contributed by atoms with van der Waals surface area (Å²) in [5.41, 5.74) is 6.57. The second-order valence-corrected chi connectivity index (χ2v) is 20.4. The van der Waals surface area contributed by atoms with E-state index in [1.807, 2.05) is 12.1 Å². The lowest BCUT2D eigenvalue weighted by Crippen LogP contribution is -2.66. The Morgan fingerprint density at radius 3 is 2.25 bits per heavy atom. The van der Waals surface area contributed by atoms with Crippen LogP contribution in [0.1, 0.15) is 132 Å². The number of nitrogens with two attached hydrogens (primary N) is 1. The van der Waals surface area contributed by atoms with E-state index in [1.54, 1.807) is 31.1 Å². The van der Waals surface area contributed by atoms with Crippen LogP contribution in [0, 0.1) is 56.2 Å². The second kappa shape index (κ2) is 14.4. The van der Waals surface area contributed by atoms with E-state index < -0.39 is 28.9 Å². The van der Waals surface area contributed by atoms with Gasteiger partial charge in [0.1, 0.15) is 6.10 Å². The summed E-state index contributed by atoms with van der Waals surface area (Å²) in [5.74, 6) is -0.620. The van der Waals surface area contributed by atoms with Gasteiger partial charge < -0.3 is 25.6 Å². The van der Waals surface area contributed by atoms with E-state index in [-0.39, 0.29) is 77.2 Å². The third-order valence-electron chi connectivity index (χ3n) is 16.5. The van der Waals surface area contributed by atoms with Crippen molar-refractivity contribution in [3.8, 4) is 0 Å². The van der Waals surface area contributed by atoms with Gasteiger partial charge in [-0.2, -0.15) is 0 Å². The molecule has 5 aliphatic rings. The normalized spacial score (nSPS) is 36.0. The molecule has 0 radical (unpaired) electrons. The summed E-state index contributed by atoms with van der Waals surface area (Å²) in [6.45, 7) is 19.6. The van der Waals surface area contributed by atoms with Crippen LogP contribution in [0.2, 0.25) is 0 Å². The molecule has 0 bridgehead atoms. The minimum atomic E-state index is -1.19. The number of carbonyl (C=O) groups excluding carboxylic acids is 3. The maximum absolute atomic E-state index is 14.2. The summed E-state index contributed by atoms with van der Waals surface area (Å²) in [5, 5.41) is 22.1. The molecule has 4 N–H and O–H groups in total. The molecule has 0 saturated heterocycles. The lowest BCUT2D eigenvalue weighted by molar-refractivity contribution is -0.235. The van der Waals surface area contributed by atoms with Gasteiger partial charge in [0.25, 0.3) is 0 Å². The van der Waals surface area contributed by atoms with Gasteiger partial charge in [0.2, 0.25) is 5.91 Å². The first-order chi connectivity index (χ1) is 25.6. The highest BCUT2D eigenvalue weighted by Gasteiger charge is 2.71. The Morgan fingerprint density at radius 1 is 0.964 bits per heavy atom.